The maximum absolute atomic E-state index is 12.1. The van der Waals surface area contributed by atoms with Crippen LogP contribution in [0.25, 0.3) is 11.1 Å². The number of aromatic amines is 1. The van der Waals surface area contributed by atoms with Crippen LogP contribution in [-0.4, -0.2) is 10.8 Å². The molecule has 1 atom stereocenters. The predicted octanol–water partition coefficient (Wildman–Crippen LogP) is 2.74. The van der Waals surface area contributed by atoms with Gasteiger partial charge >= 0.3 is 5.76 Å². The average molecular weight is 233 g/mol. The predicted molar refractivity (Wildman–Crippen MR) is 65.2 cm³/mol. The van der Waals surface area contributed by atoms with Crippen molar-refractivity contribution in [3.05, 3.63) is 34.3 Å². The van der Waals surface area contributed by atoms with Gasteiger partial charge in [0.1, 0.15) is 0 Å². The number of nitrogens with one attached hydrogen (secondary N) is 1. The van der Waals surface area contributed by atoms with Gasteiger partial charge in [0.25, 0.3) is 0 Å². The van der Waals surface area contributed by atoms with Crippen molar-refractivity contribution in [3.63, 3.8) is 0 Å². The van der Waals surface area contributed by atoms with Crippen LogP contribution in [-0.2, 0) is 0 Å². The second-order valence-electron chi connectivity index (χ2n) is 4.28. The Morgan fingerprint density at radius 3 is 2.94 bits per heavy atom. The highest BCUT2D eigenvalue weighted by Crippen LogP contribution is 2.17. The smallest absolute Gasteiger partial charge is 0.408 e. The van der Waals surface area contributed by atoms with Crippen LogP contribution in [0.5, 0.6) is 0 Å². The van der Waals surface area contributed by atoms with E-state index in [2.05, 4.69) is 11.9 Å². The summed E-state index contributed by atoms with van der Waals surface area (Å²) in [6, 6.07) is 5.05. The molecule has 4 nitrogen and oxygen atoms in total. The molecule has 4 heteroatoms. The molecule has 0 saturated heterocycles. The second kappa shape index (κ2) is 4.57. The number of carbonyl (C=O) groups is 1. The van der Waals surface area contributed by atoms with E-state index in [0.29, 0.717) is 16.7 Å². The molecule has 2 rings (SSSR count). The molecule has 0 saturated carbocycles. The van der Waals surface area contributed by atoms with Gasteiger partial charge in [-0.3, -0.25) is 9.78 Å². The van der Waals surface area contributed by atoms with Crippen LogP contribution in [0.3, 0.4) is 0 Å². The zero-order valence-electron chi connectivity index (χ0n) is 9.95. The van der Waals surface area contributed by atoms with E-state index in [-0.39, 0.29) is 11.7 Å². The standard InChI is InChI=1S/C13H15NO3/c1-3-4-8(2)12(15)9-5-6-10-11(7-9)17-13(16)14-10/h5-8H,3-4H2,1-2H3,(H,14,16). The highest BCUT2D eigenvalue weighted by atomic mass is 16.4. The monoisotopic (exact) mass is 233 g/mol. The molecule has 0 radical (unpaired) electrons. The quantitative estimate of drug-likeness (QED) is 0.826. The van der Waals surface area contributed by atoms with E-state index < -0.39 is 5.76 Å². The molecule has 0 aliphatic heterocycles. The van der Waals surface area contributed by atoms with E-state index in [4.69, 9.17) is 4.42 Å². The number of ketones is 1. The van der Waals surface area contributed by atoms with Gasteiger partial charge in [0, 0.05) is 11.5 Å². The molecule has 0 aliphatic rings. The van der Waals surface area contributed by atoms with Crippen molar-refractivity contribution < 1.29 is 9.21 Å². The van der Waals surface area contributed by atoms with Crippen LogP contribution in [0.4, 0.5) is 0 Å². The van der Waals surface area contributed by atoms with Gasteiger partial charge in [-0.25, -0.2) is 4.79 Å². The number of fused-ring (bicyclic) bond motifs is 1. The first kappa shape index (κ1) is 11.6. The van der Waals surface area contributed by atoms with Gasteiger partial charge < -0.3 is 4.42 Å². The molecule has 0 bridgehead atoms. The minimum absolute atomic E-state index is 0.00288. The summed E-state index contributed by atoms with van der Waals surface area (Å²) in [5, 5.41) is 0. The minimum Gasteiger partial charge on any atom is -0.408 e. The first-order chi connectivity index (χ1) is 8.11. The van der Waals surface area contributed by atoms with E-state index in [9.17, 15) is 9.59 Å². The SMILES string of the molecule is CCCC(C)C(=O)c1ccc2[nH]c(=O)oc2c1. The molecule has 90 valence electrons. The molecular weight excluding hydrogens is 218 g/mol. The summed E-state index contributed by atoms with van der Waals surface area (Å²) in [5.74, 6) is -0.396. The number of benzene rings is 1. The van der Waals surface area contributed by atoms with Crippen molar-refractivity contribution in [2.24, 2.45) is 5.92 Å². The second-order valence-corrected chi connectivity index (χ2v) is 4.28. The molecule has 0 fully saturated rings. The molecule has 0 spiro atoms. The molecule has 17 heavy (non-hydrogen) atoms. The zero-order valence-corrected chi connectivity index (χ0v) is 9.95. The molecule has 1 N–H and O–H groups in total. The van der Waals surface area contributed by atoms with E-state index in [1.54, 1.807) is 18.2 Å². The van der Waals surface area contributed by atoms with Crippen LogP contribution >= 0.6 is 0 Å². The lowest BCUT2D eigenvalue weighted by Crippen LogP contribution is -2.10. The van der Waals surface area contributed by atoms with Crippen molar-refractivity contribution in [1.29, 1.82) is 0 Å². The lowest BCUT2D eigenvalue weighted by Gasteiger charge is -2.08. The van der Waals surface area contributed by atoms with E-state index in [1.165, 1.54) is 0 Å². The van der Waals surface area contributed by atoms with Gasteiger partial charge in [0.2, 0.25) is 0 Å². The normalized spacial score (nSPS) is 12.8. The lowest BCUT2D eigenvalue weighted by molar-refractivity contribution is 0.0923. The summed E-state index contributed by atoms with van der Waals surface area (Å²) in [5.41, 5.74) is 1.65. The number of Topliss-reactive ketones (excluding diaryl/α,β-unsaturated/α-hetero) is 1. The van der Waals surface area contributed by atoms with Crippen LogP contribution in [0.2, 0.25) is 0 Å². The number of H-pyrrole nitrogens is 1. The summed E-state index contributed by atoms with van der Waals surface area (Å²) in [4.78, 5) is 25.6. The number of aromatic nitrogens is 1. The zero-order chi connectivity index (χ0) is 12.4. The van der Waals surface area contributed by atoms with E-state index in [1.807, 2.05) is 6.92 Å². The van der Waals surface area contributed by atoms with E-state index >= 15 is 0 Å². The Kier molecular flexibility index (Phi) is 3.13. The van der Waals surface area contributed by atoms with Crippen LogP contribution in [0.15, 0.2) is 27.4 Å². The highest BCUT2D eigenvalue weighted by molar-refractivity contribution is 5.99. The van der Waals surface area contributed by atoms with Gasteiger partial charge in [0.05, 0.1) is 5.52 Å². The molecule has 1 heterocycles. The third kappa shape index (κ3) is 2.30. The van der Waals surface area contributed by atoms with E-state index in [0.717, 1.165) is 12.8 Å². The molecule has 1 aromatic heterocycles. The van der Waals surface area contributed by atoms with Gasteiger partial charge in [-0.15, -0.1) is 0 Å². The largest absolute Gasteiger partial charge is 0.417 e. The minimum atomic E-state index is -0.494. The Morgan fingerprint density at radius 1 is 1.47 bits per heavy atom. The maximum atomic E-state index is 12.1. The first-order valence-electron chi connectivity index (χ1n) is 5.79. The molecule has 1 unspecified atom stereocenters. The van der Waals surface area contributed by atoms with Crippen molar-refractivity contribution >= 4 is 16.9 Å². The maximum Gasteiger partial charge on any atom is 0.417 e. The van der Waals surface area contributed by atoms with Crippen LogP contribution in [0.1, 0.15) is 37.0 Å². The van der Waals surface area contributed by atoms with Crippen molar-refractivity contribution in [3.8, 4) is 0 Å². The van der Waals surface area contributed by atoms with Crippen LogP contribution in [0, 0.1) is 5.92 Å². The summed E-state index contributed by atoms with van der Waals surface area (Å²) in [6.07, 6.45) is 1.85. The van der Waals surface area contributed by atoms with Gasteiger partial charge in [-0.1, -0.05) is 20.3 Å². The Balaban J connectivity index is 2.35. The summed E-state index contributed by atoms with van der Waals surface area (Å²) >= 11 is 0. The van der Waals surface area contributed by atoms with Crippen molar-refractivity contribution in [1.82, 2.24) is 4.98 Å². The van der Waals surface area contributed by atoms with Crippen molar-refractivity contribution in [2.75, 3.05) is 0 Å². The molecular formula is C13H15NO3. The fourth-order valence-corrected chi connectivity index (χ4v) is 1.95. The summed E-state index contributed by atoms with van der Waals surface area (Å²) in [7, 11) is 0. The number of rotatable bonds is 4. The fraction of sp³-hybridized carbons (Fsp3) is 0.385. The van der Waals surface area contributed by atoms with Crippen LogP contribution < -0.4 is 5.76 Å². The molecule has 2 aromatic rings. The Labute approximate surface area is 98.6 Å². The van der Waals surface area contributed by atoms with Gasteiger partial charge in [0.15, 0.2) is 11.4 Å². The number of hydrogen-bond donors (Lipinski definition) is 1. The summed E-state index contributed by atoms with van der Waals surface area (Å²) < 4.78 is 4.94. The fourth-order valence-electron chi connectivity index (χ4n) is 1.95. The van der Waals surface area contributed by atoms with Gasteiger partial charge in [-0.2, -0.15) is 0 Å². The topological polar surface area (TPSA) is 63.1 Å². The Hall–Kier alpha value is -1.84. The lowest BCUT2D eigenvalue weighted by atomic mass is 9.95. The molecule has 0 amide bonds. The molecule has 1 aromatic carbocycles. The Bertz CT molecular complexity index is 594. The third-order valence-corrected chi connectivity index (χ3v) is 2.87. The Morgan fingerprint density at radius 2 is 2.24 bits per heavy atom. The number of hydrogen-bond acceptors (Lipinski definition) is 3. The highest BCUT2D eigenvalue weighted by Gasteiger charge is 2.15. The van der Waals surface area contributed by atoms with Gasteiger partial charge in [-0.05, 0) is 24.6 Å². The number of carbonyl (C=O) groups excluding carboxylic acids is 1. The first-order valence-corrected chi connectivity index (χ1v) is 5.79. The number of oxazole rings is 1. The summed E-state index contributed by atoms with van der Waals surface area (Å²) in [6.45, 7) is 3.97. The van der Waals surface area contributed by atoms with Crippen molar-refractivity contribution in [2.45, 2.75) is 26.7 Å². The molecule has 0 aliphatic carbocycles. The third-order valence-electron chi connectivity index (χ3n) is 2.87. The average Bonchev–Trinajstić information content (AvgIpc) is 2.67.